The molecule has 4 nitrogen and oxygen atoms in total. The number of aryl methyl sites for hydroxylation is 2. The molecule has 0 saturated heterocycles. The van der Waals surface area contributed by atoms with Crippen LogP contribution in [0, 0.1) is 13.8 Å². The minimum absolute atomic E-state index is 0.119. The van der Waals surface area contributed by atoms with Gasteiger partial charge < -0.3 is 10.6 Å². The molecule has 1 aromatic carbocycles. The zero-order chi connectivity index (χ0) is 15.9. The molecule has 0 radical (unpaired) electrons. The van der Waals surface area contributed by atoms with E-state index in [1.54, 1.807) is 12.3 Å². The normalized spacial score (nSPS) is 10.3. The molecule has 0 saturated carbocycles. The minimum atomic E-state index is -0.119. The van der Waals surface area contributed by atoms with Crippen LogP contribution in [0.4, 0.5) is 11.4 Å². The predicted molar refractivity (Wildman–Crippen MR) is 90.7 cm³/mol. The van der Waals surface area contributed by atoms with Crippen LogP contribution < -0.4 is 10.6 Å². The van der Waals surface area contributed by atoms with Crippen molar-refractivity contribution in [3.05, 3.63) is 53.3 Å². The monoisotopic (exact) mass is 297 g/mol. The fraction of sp³-hybridized carbons (Fsp3) is 0.333. The first-order valence-electron chi connectivity index (χ1n) is 7.68. The molecule has 0 bridgehead atoms. The molecule has 0 aliphatic heterocycles. The summed E-state index contributed by atoms with van der Waals surface area (Å²) >= 11 is 0. The van der Waals surface area contributed by atoms with Crippen LogP contribution in [-0.4, -0.2) is 17.4 Å². The van der Waals surface area contributed by atoms with Crippen molar-refractivity contribution in [2.45, 2.75) is 33.6 Å². The number of carbonyl (C=O) groups excluding carboxylic acids is 1. The number of aromatic nitrogens is 1. The van der Waals surface area contributed by atoms with E-state index in [-0.39, 0.29) is 5.91 Å². The van der Waals surface area contributed by atoms with Crippen molar-refractivity contribution in [2.24, 2.45) is 0 Å². The van der Waals surface area contributed by atoms with Crippen molar-refractivity contribution in [1.29, 1.82) is 0 Å². The Morgan fingerprint density at radius 1 is 1.09 bits per heavy atom. The molecule has 4 heteroatoms. The zero-order valence-corrected chi connectivity index (χ0v) is 13.4. The lowest BCUT2D eigenvalue weighted by Crippen LogP contribution is -2.25. The first kappa shape index (κ1) is 16.0. The van der Waals surface area contributed by atoms with Gasteiger partial charge in [0.05, 0.1) is 11.9 Å². The maximum absolute atomic E-state index is 11.9. The number of pyridine rings is 1. The van der Waals surface area contributed by atoms with Gasteiger partial charge in [0.2, 0.25) is 0 Å². The number of carbonyl (C=O) groups is 1. The van der Waals surface area contributed by atoms with Crippen LogP contribution in [-0.2, 0) is 0 Å². The first-order chi connectivity index (χ1) is 10.6. The Labute approximate surface area is 132 Å². The number of unbranched alkanes of at least 4 members (excludes halogenated alkanes) is 1. The Bertz CT molecular complexity index is 615. The standard InChI is InChI=1S/C18H23N3O/c1-4-5-8-19-18(22)17-7-6-15(12-20-17)21-16-10-13(2)9-14(3)11-16/h6-7,9-12,21H,4-5,8H2,1-3H3,(H,19,22). The number of hydrogen-bond acceptors (Lipinski definition) is 3. The maximum Gasteiger partial charge on any atom is 0.269 e. The molecule has 1 aromatic heterocycles. The topological polar surface area (TPSA) is 54.0 Å². The van der Waals surface area contributed by atoms with Gasteiger partial charge in [-0.25, -0.2) is 4.98 Å². The lowest BCUT2D eigenvalue weighted by atomic mass is 10.1. The van der Waals surface area contributed by atoms with Crippen LogP contribution in [0.15, 0.2) is 36.5 Å². The summed E-state index contributed by atoms with van der Waals surface area (Å²) in [5.41, 5.74) is 4.77. The van der Waals surface area contributed by atoms with E-state index in [9.17, 15) is 4.79 Å². The van der Waals surface area contributed by atoms with Gasteiger partial charge >= 0.3 is 0 Å². The summed E-state index contributed by atoms with van der Waals surface area (Å²) in [5.74, 6) is -0.119. The molecule has 22 heavy (non-hydrogen) atoms. The molecule has 2 aromatic rings. The number of benzene rings is 1. The quantitative estimate of drug-likeness (QED) is 0.793. The summed E-state index contributed by atoms with van der Waals surface area (Å²) in [7, 11) is 0. The Morgan fingerprint density at radius 2 is 1.82 bits per heavy atom. The first-order valence-corrected chi connectivity index (χ1v) is 7.68. The van der Waals surface area contributed by atoms with E-state index < -0.39 is 0 Å². The number of rotatable bonds is 6. The van der Waals surface area contributed by atoms with Gasteiger partial charge in [0.15, 0.2) is 0 Å². The molecule has 1 heterocycles. The van der Waals surface area contributed by atoms with E-state index in [1.807, 2.05) is 6.07 Å². The number of anilines is 2. The number of nitrogens with zero attached hydrogens (tertiary/aromatic N) is 1. The van der Waals surface area contributed by atoms with Gasteiger partial charge in [-0.3, -0.25) is 4.79 Å². The van der Waals surface area contributed by atoms with E-state index >= 15 is 0 Å². The molecule has 1 amide bonds. The molecule has 0 fully saturated rings. The molecule has 116 valence electrons. The fourth-order valence-electron chi connectivity index (χ4n) is 2.28. The van der Waals surface area contributed by atoms with Crippen molar-refractivity contribution < 1.29 is 4.79 Å². The summed E-state index contributed by atoms with van der Waals surface area (Å²) in [6, 6.07) is 9.91. The minimum Gasteiger partial charge on any atom is -0.354 e. The molecule has 0 unspecified atom stereocenters. The summed E-state index contributed by atoms with van der Waals surface area (Å²) in [5, 5.41) is 6.17. The molecule has 0 aliphatic carbocycles. The van der Waals surface area contributed by atoms with Gasteiger partial charge in [-0.2, -0.15) is 0 Å². The summed E-state index contributed by atoms with van der Waals surface area (Å²) in [4.78, 5) is 16.1. The highest BCUT2D eigenvalue weighted by atomic mass is 16.1. The van der Waals surface area contributed by atoms with Crippen LogP contribution in [0.25, 0.3) is 0 Å². The van der Waals surface area contributed by atoms with Crippen molar-refractivity contribution in [3.8, 4) is 0 Å². The van der Waals surface area contributed by atoms with E-state index in [1.165, 1.54) is 11.1 Å². The average molecular weight is 297 g/mol. The van der Waals surface area contributed by atoms with Crippen molar-refractivity contribution in [1.82, 2.24) is 10.3 Å². The Hall–Kier alpha value is -2.36. The summed E-state index contributed by atoms with van der Waals surface area (Å²) < 4.78 is 0. The Morgan fingerprint density at radius 3 is 2.41 bits per heavy atom. The van der Waals surface area contributed by atoms with E-state index in [0.29, 0.717) is 12.2 Å². The third kappa shape index (κ3) is 4.58. The highest BCUT2D eigenvalue weighted by Crippen LogP contribution is 2.19. The third-order valence-electron chi connectivity index (χ3n) is 3.32. The van der Waals surface area contributed by atoms with E-state index in [2.05, 4.69) is 54.6 Å². The molecular formula is C18H23N3O. The number of nitrogens with one attached hydrogen (secondary N) is 2. The number of hydrogen-bond donors (Lipinski definition) is 2. The second-order valence-electron chi connectivity index (χ2n) is 5.54. The van der Waals surface area contributed by atoms with Gasteiger partial charge in [-0.15, -0.1) is 0 Å². The largest absolute Gasteiger partial charge is 0.354 e. The average Bonchev–Trinajstić information content (AvgIpc) is 2.47. The maximum atomic E-state index is 11.9. The molecule has 0 aliphatic rings. The predicted octanol–water partition coefficient (Wildman–Crippen LogP) is 3.97. The smallest absolute Gasteiger partial charge is 0.269 e. The van der Waals surface area contributed by atoms with Gasteiger partial charge in [0, 0.05) is 12.2 Å². The summed E-state index contributed by atoms with van der Waals surface area (Å²) in [6.07, 6.45) is 3.73. The van der Waals surface area contributed by atoms with Gasteiger partial charge in [0.1, 0.15) is 5.69 Å². The van der Waals surface area contributed by atoms with Crippen LogP contribution in [0.2, 0.25) is 0 Å². The van der Waals surface area contributed by atoms with Crippen LogP contribution in [0.1, 0.15) is 41.4 Å². The van der Waals surface area contributed by atoms with Crippen molar-refractivity contribution in [3.63, 3.8) is 0 Å². The van der Waals surface area contributed by atoms with Crippen LogP contribution in [0.3, 0.4) is 0 Å². The third-order valence-corrected chi connectivity index (χ3v) is 3.32. The lowest BCUT2D eigenvalue weighted by molar-refractivity contribution is 0.0948. The van der Waals surface area contributed by atoms with Gasteiger partial charge in [-0.05, 0) is 55.7 Å². The molecule has 0 spiro atoms. The van der Waals surface area contributed by atoms with Crippen molar-refractivity contribution >= 4 is 17.3 Å². The Balaban J connectivity index is 2.01. The zero-order valence-electron chi connectivity index (χ0n) is 13.4. The lowest BCUT2D eigenvalue weighted by Gasteiger charge is -2.09. The van der Waals surface area contributed by atoms with Crippen LogP contribution >= 0.6 is 0 Å². The summed E-state index contributed by atoms with van der Waals surface area (Å²) in [6.45, 7) is 6.93. The highest BCUT2D eigenvalue weighted by Gasteiger charge is 2.06. The van der Waals surface area contributed by atoms with Gasteiger partial charge in [0.25, 0.3) is 5.91 Å². The van der Waals surface area contributed by atoms with Crippen molar-refractivity contribution in [2.75, 3.05) is 11.9 Å². The van der Waals surface area contributed by atoms with Crippen LogP contribution in [0.5, 0.6) is 0 Å². The fourth-order valence-corrected chi connectivity index (χ4v) is 2.28. The van der Waals surface area contributed by atoms with E-state index in [4.69, 9.17) is 0 Å². The highest BCUT2D eigenvalue weighted by molar-refractivity contribution is 5.92. The molecule has 0 atom stereocenters. The number of amides is 1. The second kappa shape index (κ2) is 7.59. The molecule has 2 rings (SSSR count). The molecular weight excluding hydrogens is 274 g/mol. The second-order valence-corrected chi connectivity index (χ2v) is 5.54. The Kier molecular flexibility index (Phi) is 5.53. The SMILES string of the molecule is CCCCNC(=O)c1ccc(Nc2cc(C)cc(C)c2)cn1. The van der Waals surface area contributed by atoms with Gasteiger partial charge in [-0.1, -0.05) is 19.4 Å². The molecule has 2 N–H and O–H groups in total. The van der Waals surface area contributed by atoms with E-state index in [0.717, 1.165) is 24.2 Å².